The summed E-state index contributed by atoms with van der Waals surface area (Å²) in [5.74, 6) is 0.0673. The fourth-order valence-corrected chi connectivity index (χ4v) is 2.35. The van der Waals surface area contributed by atoms with Crippen molar-refractivity contribution < 1.29 is 9.53 Å². The molecule has 19 heavy (non-hydrogen) atoms. The Morgan fingerprint density at radius 1 is 1.53 bits per heavy atom. The van der Waals surface area contributed by atoms with Gasteiger partial charge in [-0.05, 0) is 26.2 Å². The van der Waals surface area contributed by atoms with E-state index in [1.54, 1.807) is 31.3 Å². The molecule has 1 unspecified atom stereocenters. The van der Waals surface area contributed by atoms with Gasteiger partial charge in [0.05, 0.1) is 6.61 Å². The Bertz CT molecular complexity index is 512. The summed E-state index contributed by atoms with van der Waals surface area (Å²) in [6, 6.07) is -0.392. The third-order valence-electron chi connectivity index (χ3n) is 3.33. The number of aryl methyl sites for hydroxylation is 1. The minimum Gasteiger partial charge on any atom is -0.464 e. The number of nitrogens with zero attached hydrogens (tertiary/aromatic N) is 3. The summed E-state index contributed by atoms with van der Waals surface area (Å²) in [5, 5.41) is 0. The van der Waals surface area contributed by atoms with Gasteiger partial charge in [0.1, 0.15) is 6.04 Å². The van der Waals surface area contributed by atoms with Gasteiger partial charge in [0.15, 0.2) is 5.82 Å². The number of esters is 1. The van der Waals surface area contributed by atoms with E-state index >= 15 is 0 Å². The largest absolute Gasteiger partial charge is 0.464 e. The first-order valence-corrected chi connectivity index (χ1v) is 6.60. The molecular formula is C13H19N3O3. The van der Waals surface area contributed by atoms with Crippen LogP contribution in [-0.2, 0) is 16.6 Å². The highest BCUT2D eigenvalue weighted by Crippen LogP contribution is 2.21. The molecule has 2 rings (SSSR count). The van der Waals surface area contributed by atoms with Gasteiger partial charge in [-0.25, -0.2) is 9.78 Å². The van der Waals surface area contributed by atoms with E-state index in [1.165, 1.54) is 4.57 Å². The Morgan fingerprint density at radius 2 is 2.32 bits per heavy atom. The maximum Gasteiger partial charge on any atom is 0.328 e. The van der Waals surface area contributed by atoms with Crippen molar-refractivity contribution in [3.8, 4) is 0 Å². The topological polar surface area (TPSA) is 64.4 Å². The third kappa shape index (κ3) is 2.77. The second-order valence-electron chi connectivity index (χ2n) is 4.62. The molecule has 1 atom stereocenters. The number of hydrogen-bond donors (Lipinski definition) is 0. The van der Waals surface area contributed by atoms with Gasteiger partial charge < -0.3 is 14.2 Å². The quantitative estimate of drug-likeness (QED) is 0.753. The first-order chi connectivity index (χ1) is 9.15. The van der Waals surface area contributed by atoms with Gasteiger partial charge >= 0.3 is 5.97 Å². The zero-order chi connectivity index (χ0) is 13.8. The van der Waals surface area contributed by atoms with Crippen molar-refractivity contribution in [1.29, 1.82) is 0 Å². The monoisotopic (exact) mass is 265 g/mol. The van der Waals surface area contributed by atoms with Crippen LogP contribution < -0.4 is 10.5 Å². The molecule has 1 aliphatic rings. The van der Waals surface area contributed by atoms with Crippen molar-refractivity contribution in [2.24, 2.45) is 7.05 Å². The van der Waals surface area contributed by atoms with Gasteiger partial charge in [-0.3, -0.25) is 4.79 Å². The van der Waals surface area contributed by atoms with E-state index in [9.17, 15) is 9.59 Å². The molecule has 1 saturated heterocycles. The second-order valence-corrected chi connectivity index (χ2v) is 4.62. The number of rotatable bonds is 3. The highest BCUT2D eigenvalue weighted by molar-refractivity contribution is 5.79. The lowest BCUT2D eigenvalue weighted by atomic mass is 10.0. The van der Waals surface area contributed by atoms with Crippen molar-refractivity contribution >= 4 is 11.8 Å². The van der Waals surface area contributed by atoms with Gasteiger partial charge in [0.2, 0.25) is 0 Å². The lowest BCUT2D eigenvalue weighted by molar-refractivity contribution is -0.145. The van der Waals surface area contributed by atoms with Crippen molar-refractivity contribution in [1.82, 2.24) is 9.55 Å². The minimum atomic E-state index is -0.392. The molecule has 104 valence electrons. The van der Waals surface area contributed by atoms with E-state index in [4.69, 9.17) is 4.74 Å². The molecule has 0 bridgehead atoms. The first kappa shape index (κ1) is 13.6. The van der Waals surface area contributed by atoms with Crippen LogP contribution in [0.3, 0.4) is 0 Å². The SMILES string of the molecule is CCOC(=O)C1CCCCN1c1nccn(C)c1=O. The molecule has 0 N–H and O–H groups in total. The zero-order valence-electron chi connectivity index (χ0n) is 11.3. The lowest BCUT2D eigenvalue weighted by Gasteiger charge is -2.34. The van der Waals surface area contributed by atoms with Crippen molar-refractivity contribution in [2.45, 2.75) is 32.2 Å². The molecule has 1 aromatic heterocycles. The van der Waals surface area contributed by atoms with Crippen LogP contribution in [-0.4, -0.2) is 34.7 Å². The van der Waals surface area contributed by atoms with Crippen LogP contribution in [0.2, 0.25) is 0 Å². The molecule has 2 heterocycles. The van der Waals surface area contributed by atoms with Gasteiger partial charge in [-0.15, -0.1) is 0 Å². The molecule has 1 aromatic rings. The molecule has 6 heteroatoms. The molecule has 0 saturated carbocycles. The average Bonchev–Trinajstić information content (AvgIpc) is 2.42. The second kappa shape index (κ2) is 5.86. The molecular weight excluding hydrogens is 246 g/mol. The first-order valence-electron chi connectivity index (χ1n) is 6.60. The molecule has 0 aliphatic carbocycles. The molecule has 0 radical (unpaired) electrons. The van der Waals surface area contributed by atoms with E-state index in [0.29, 0.717) is 25.4 Å². The summed E-state index contributed by atoms with van der Waals surface area (Å²) < 4.78 is 6.56. The van der Waals surface area contributed by atoms with E-state index in [2.05, 4.69) is 4.98 Å². The average molecular weight is 265 g/mol. The Labute approximate surface area is 112 Å². The number of ether oxygens (including phenoxy) is 1. The summed E-state index contributed by atoms with van der Waals surface area (Å²) >= 11 is 0. The van der Waals surface area contributed by atoms with Crippen molar-refractivity contribution in [3.63, 3.8) is 0 Å². The predicted molar refractivity (Wildman–Crippen MR) is 71.1 cm³/mol. The normalized spacial score (nSPS) is 19.3. The summed E-state index contributed by atoms with van der Waals surface area (Å²) in [5.41, 5.74) is -0.182. The number of piperidine rings is 1. The van der Waals surface area contributed by atoms with E-state index in [1.807, 2.05) is 0 Å². The number of carbonyl (C=O) groups is 1. The van der Waals surface area contributed by atoms with Gasteiger partial charge in [-0.2, -0.15) is 0 Å². The minimum absolute atomic E-state index is 0.182. The van der Waals surface area contributed by atoms with Crippen LogP contribution in [0.25, 0.3) is 0 Å². The van der Waals surface area contributed by atoms with Crippen LogP contribution in [0.15, 0.2) is 17.2 Å². The number of anilines is 1. The lowest BCUT2D eigenvalue weighted by Crippen LogP contribution is -2.48. The molecule has 0 aromatic carbocycles. The molecule has 6 nitrogen and oxygen atoms in total. The molecule has 0 spiro atoms. The number of hydrogen-bond acceptors (Lipinski definition) is 5. The van der Waals surface area contributed by atoms with Crippen LogP contribution in [0.4, 0.5) is 5.82 Å². The van der Waals surface area contributed by atoms with Crippen molar-refractivity contribution in [3.05, 3.63) is 22.7 Å². The maximum absolute atomic E-state index is 12.1. The highest BCUT2D eigenvalue weighted by atomic mass is 16.5. The standard InChI is InChI=1S/C13H19N3O3/c1-3-19-13(18)10-6-4-5-8-16(10)11-12(17)15(2)9-7-14-11/h7,9-10H,3-6,8H2,1-2H3. The van der Waals surface area contributed by atoms with Crippen LogP contribution in [0.1, 0.15) is 26.2 Å². The van der Waals surface area contributed by atoms with Gasteiger partial charge in [0, 0.05) is 26.0 Å². The number of aromatic nitrogens is 2. The van der Waals surface area contributed by atoms with E-state index < -0.39 is 6.04 Å². The van der Waals surface area contributed by atoms with Crippen LogP contribution >= 0.6 is 0 Å². The van der Waals surface area contributed by atoms with Gasteiger partial charge in [-0.1, -0.05) is 0 Å². The van der Waals surface area contributed by atoms with E-state index in [-0.39, 0.29) is 11.5 Å². The smallest absolute Gasteiger partial charge is 0.328 e. The highest BCUT2D eigenvalue weighted by Gasteiger charge is 2.32. The molecule has 0 amide bonds. The zero-order valence-corrected chi connectivity index (χ0v) is 11.3. The summed E-state index contributed by atoms with van der Waals surface area (Å²) in [4.78, 5) is 30.0. The fraction of sp³-hybridized carbons (Fsp3) is 0.615. The summed E-state index contributed by atoms with van der Waals surface area (Å²) in [7, 11) is 1.68. The summed E-state index contributed by atoms with van der Waals surface area (Å²) in [6.07, 6.45) is 5.81. The Kier molecular flexibility index (Phi) is 4.19. The summed E-state index contributed by atoms with van der Waals surface area (Å²) in [6.45, 7) is 2.80. The Hall–Kier alpha value is -1.85. The van der Waals surface area contributed by atoms with Gasteiger partial charge in [0.25, 0.3) is 5.56 Å². The number of carbonyl (C=O) groups excluding carboxylic acids is 1. The Morgan fingerprint density at radius 3 is 3.05 bits per heavy atom. The van der Waals surface area contributed by atoms with Crippen LogP contribution in [0, 0.1) is 0 Å². The van der Waals surface area contributed by atoms with E-state index in [0.717, 1.165) is 12.8 Å². The predicted octanol–water partition coefficient (Wildman–Crippen LogP) is 0.702. The molecule has 1 aliphatic heterocycles. The Balaban J connectivity index is 2.31. The fourth-order valence-electron chi connectivity index (χ4n) is 2.35. The molecule has 1 fully saturated rings. The third-order valence-corrected chi connectivity index (χ3v) is 3.33. The van der Waals surface area contributed by atoms with Crippen molar-refractivity contribution in [2.75, 3.05) is 18.1 Å². The maximum atomic E-state index is 12.1. The van der Waals surface area contributed by atoms with Crippen LogP contribution in [0.5, 0.6) is 0 Å².